The molecule has 144 valence electrons. The largest absolute Gasteiger partial charge is 0.346 e. The zero-order valence-electron chi connectivity index (χ0n) is 15.2. The number of halogens is 1. The molecule has 0 aromatic carbocycles. The number of carbonyl (C=O) groups is 1. The SMILES string of the molecule is Cc1c[nH]c2ncnc(N3C=C(C(=O)N4CCn5cc(Br)nc5C4)SCC3)c12. The van der Waals surface area contributed by atoms with Gasteiger partial charge in [0, 0.05) is 44.0 Å². The van der Waals surface area contributed by atoms with Crippen molar-refractivity contribution in [3.63, 3.8) is 0 Å². The number of fused-ring (bicyclic) bond motifs is 2. The summed E-state index contributed by atoms with van der Waals surface area (Å²) in [5.74, 6) is 2.63. The van der Waals surface area contributed by atoms with Gasteiger partial charge in [-0.1, -0.05) is 0 Å². The molecule has 0 saturated heterocycles. The van der Waals surface area contributed by atoms with E-state index in [0.29, 0.717) is 13.1 Å². The zero-order chi connectivity index (χ0) is 19.3. The average Bonchev–Trinajstić information content (AvgIpc) is 3.28. The second-order valence-electron chi connectivity index (χ2n) is 6.83. The number of H-pyrrole nitrogens is 1. The number of aromatic amines is 1. The Labute approximate surface area is 174 Å². The predicted molar refractivity (Wildman–Crippen MR) is 112 cm³/mol. The maximum absolute atomic E-state index is 13.1. The van der Waals surface area contributed by atoms with Gasteiger partial charge in [-0.15, -0.1) is 11.8 Å². The molecule has 28 heavy (non-hydrogen) atoms. The van der Waals surface area contributed by atoms with E-state index < -0.39 is 0 Å². The van der Waals surface area contributed by atoms with Crippen molar-refractivity contribution in [2.45, 2.75) is 20.0 Å². The maximum atomic E-state index is 13.1. The summed E-state index contributed by atoms with van der Waals surface area (Å²) in [5, 5.41) is 1.00. The molecule has 5 rings (SSSR count). The topological polar surface area (TPSA) is 82.9 Å². The zero-order valence-corrected chi connectivity index (χ0v) is 17.6. The molecule has 8 nitrogen and oxygen atoms in total. The number of carbonyl (C=O) groups excluding carboxylic acids is 1. The first kappa shape index (κ1) is 17.7. The highest BCUT2D eigenvalue weighted by atomic mass is 79.9. The standard InChI is InChI=1S/C18H18BrN7OS/c1-11-6-20-16-15(11)17(22-10-21-16)25-4-5-28-12(7-25)18(27)26-3-2-24-8-13(19)23-14(24)9-26/h6-8,10H,2-5,9H2,1H3,(H,20,21,22). The number of nitrogens with one attached hydrogen (secondary N) is 1. The molecular formula is C18H18BrN7OS. The summed E-state index contributed by atoms with van der Waals surface area (Å²) in [5.41, 5.74) is 1.91. The summed E-state index contributed by atoms with van der Waals surface area (Å²) < 4.78 is 2.90. The van der Waals surface area contributed by atoms with Crippen LogP contribution in [0.15, 0.2) is 34.4 Å². The number of amides is 1. The van der Waals surface area contributed by atoms with Crippen molar-refractivity contribution in [1.29, 1.82) is 0 Å². The molecule has 0 saturated carbocycles. The summed E-state index contributed by atoms with van der Waals surface area (Å²) in [6.07, 6.45) is 7.40. The Morgan fingerprint density at radius 3 is 3.07 bits per heavy atom. The van der Waals surface area contributed by atoms with Crippen LogP contribution in [0, 0.1) is 6.92 Å². The van der Waals surface area contributed by atoms with Gasteiger partial charge in [0.2, 0.25) is 0 Å². The first-order valence-corrected chi connectivity index (χ1v) is 10.8. The third kappa shape index (κ3) is 3.00. The molecule has 0 spiro atoms. The van der Waals surface area contributed by atoms with Gasteiger partial charge in [0.1, 0.15) is 28.2 Å². The molecule has 0 bridgehead atoms. The van der Waals surface area contributed by atoms with Crippen LogP contribution >= 0.6 is 27.7 Å². The van der Waals surface area contributed by atoms with Crippen LogP contribution < -0.4 is 4.90 Å². The van der Waals surface area contributed by atoms with Crippen LogP contribution in [0.5, 0.6) is 0 Å². The van der Waals surface area contributed by atoms with Crippen LogP contribution in [0.25, 0.3) is 11.0 Å². The predicted octanol–water partition coefficient (Wildman–Crippen LogP) is 2.66. The van der Waals surface area contributed by atoms with Crippen LogP contribution in [-0.2, 0) is 17.9 Å². The Hall–Kier alpha value is -2.33. The van der Waals surface area contributed by atoms with Gasteiger partial charge < -0.3 is 19.4 Å². The molecule has 1 N–H and O–H groups in total. The van der Waals surface area contributed by atoms with Gasteiger partial charge >= 0.3 is 0 Å². The van der Waals surface area contributed by atoms with E-state index in [1.54, 1.807) is 18.1 Å². The molecule has 1 amide bonds. The highest BCUT2D eigenvalue weighted by Crippen LogP contribution is 2.32. The molecule has 3 aromatic rings. The van der Waals surface area contributed by atoms with Gasteiger partial charge in [0.05, 0.1) is 16.8 Å². The quantitative estimate of drug-likeness (QED) is 0.634. The summed E-state index contributed by atoms with van der Waals surface area (Å²) in [6, 6.07) is 0. The molecule has 0 fully saturated rings. The monoisotopic (exact) mass is 459 g/mol. The van der Waals surface area contributed by atoms with Crippen LogP contribution in [-0.4, -0.2) is 54.2 Å². The van der Waals surface area contributed by atoms with Crippen LogP contribution in [0.3, 0.4) is 0 Å². The number of anilines is 1. The third-order valence-corrected chi connectivity index (χ3v) is 6.41. The molecule has 2 aliphatic rings. The average molecular weight is 460 g/mol. The van der Waals surface area contributed by atoms with Gasteiger partial charge in [-0.05, 0) is 28.4 Å². The van der Waals surface area contributed by atoms with Crippen molar-refractivity contribution in [2.24, 2.45) is 0 Å². The van der Waals surface area contributed by atoms with E-state index in [2.05, 4.69) is 45.3 Å². The molecule has 0 unspecified atom stereocenters. The fourth-order valence-corrected chi connectivity index (χ4v) is 5.06. The van der Waals surface area contributed by atoms with Crippen molar-refractivity contribution in [3.05, 3.63) is 45.8 Å². The Morgan fingerprint density at radius 2 is 2.18 bits per heavy atom. The number of nitrogens with zero attached hydrogens (tertiary/aromatic N) is 6. The van der Waals surface area contributed by atoms with Gasteiger partial charge in [-0.25, -0.2) is 15.0 Å². The number of hydrogen-bond acceptors (Lipinski definition) is 6. The van der Waals surface area contributed by atoms with Gasteiger partial charge in [-0.2, -0.15) is 0 Å². The number of hydrogen-bond donors (Lipinski definition) is 1. The number of rotatable bonds is 2. The first-order chi connectivity index (χ1) is 13.6. The lowest BCUT2D eigenvalue weighted by atomic mass is 10.2. The van der Waals surface area contributed by atoms with E-state index in [1.165, 1.54) is 0 Å². The Morgan fingerprint density at radius 1 is 1.29 bits per heavy atom. The number of aromatic nitrogens is 5. The molecule has 2 aliphatic heterocycles. The van der Waals surface area contributed by atoms with Crippen LogP contribution in [0.4, 0.5) is 5.82 Å². The number of thioether (sulfide) groups is 1. The molecule has 10 heteroatoms. The lowest BCUT2D eigenvalue weighted by molar-refractivity contribution is -0.127. The summed E-state index contributed by atoms with van der Waals surface area (Å²) in [4.78, 5) is 34.3. The van der Waals surface area contributed by atoms with Crippen molar-refractivity contribution in [3.8, 4) is 0 Å². The minimum absolute atomic E-state index is 0.0520. The summed E-state index contributed by atoms with van der Waals surface area (Å²) in [6.45, 7) is 4.80. The minimum atomic E-state index is 0.0520. The smallest absolute Gasteiger partial charge is 0.262 e. The fraction of sp³-hybridized carbons (Fsp3) is 0.333. The van der Waals surface area contributed by atoms with E-state index in [0.717, 1.165) is 56.6 Å². The van der Waals surface area contributed by atoms with Crippen molar-refractivity contribution < 1.29 is 4.79 Å². The van der Waals surface area contributed by atoms with Crippen molar-refractivity contribution in [1.82, 2.24) is 29.4 Å². The minimum Gasteiger partial charge on any atom is -0.346 e. The molecule has 5 heterocycles. The Bertz CT molecular complexity index is 1100. The van der Waals surface area contributed by atoms with E-state index in [9.17, 15) is 4.79 Å². The lowest BCUT2D eigenvalue weighted by Gasteiger charge is -2.31. The van der Waals surface area contributed by atoms with Gasteiger partial charge in [-0.3, -0.25) is 4.79 Å². The molecule has 0 aliphatic carbocycles. The molecule has 3 aromatic heterocycles. The molecule has 0 radical (unpaired) electrons. The second-order valence-corrected chi connectivity index (χ2v) is 8.78. The second kappa shape index (κ2) is 6.93. The summed E-state index contributed by atoms with van der Waals surface area (Å²) >= 11 is 5.01. The number of aryl methyl sites for hydroxylation is 1. The fourth-order valence-electron chi connectivity index (χ4n) is 3.64. The van der Waals surface area contributed by atoms with Gasteiger partial charge in [0.25, 0.3) is 5.91 Å². The van der Waals surface area contributed by atoms with E-state index in [1.807, 2.05) is 30.4 Å². The lowest BCUT2D eigenvalue weighted by Crippen LogP contribution is -2.40. The normalized spacial score (nSPS) is 17.0. The van der Waals surface area contributed by atoms with Crippen molar-refractivity contribution >= 4 is 50.5 Å². The Kier molecular flexibility index (Phi) is 4.39. The van der Waals surface area contributed by atoms with Crippen LogP contribution in [0.1, 0.15) is 11.4 Å². The highest BCUT2D eigenvalue weighted by molar-refractivity contribution is 9.10. The molecular weight excluding hydrogens is 442 g/mol. The third-order valence-electron chi connectivity index (χ3n) is 5.05. The first-order valence-electron chi connectivity index (χ1n) is 9.01. The Balaban J connectivity index is 1.43. The van der Waals surface area contributed by atoms with Crippen molar-refractivity contribution in [2.75, 3.05) is 23.7 Å². The van der Waals surface area contributed by atoms with Crippen LogP contribution in [0.2, 0.25) is 0 Å². The number of imidazole rings is 1. The van der Waals surface area contributed by atoms with E-state index >= 15 is 0 Å². The molecule has 0 atom stereocenters. The van der Waals surface area contributed by atoms with Gasteiger partial charge in [0.15, 0.2) is 0 Å². The van der Waals surface area contributed by atoms with E-state index in [4.69, 9.17) is 0 Å². The summed E-state index contributed by atoms with van der Waals surface area (Å²) in [7, 11) is 0. The highest BCUT2D eigenvalue weighted by Gasteiger charge is 2.28. The van der Waals surface area contributed by atoms with E-state index in [-0.39, 0.29) is 5.91 Å². The maximum Gasteiger partial charge on any atom is 0.262 e.